The summed E-state index contributed by atoms with van der Waals surface area (Å²) in [5, 5.41) is 4.13. The highest BCUT2D eigenvalue weighted by molar-refractivity contribution is 5.14. The molecule has 1 saturated heterocycles. The first-order valence-electron chi connectivity index (χ1n) is 8.57. The van der Waals surface area contributed by atoms with E-state index in [1.807, 2.05) is 6.07 Å². The van der Waals surface area contributed by atoms with Crippen molar-refractivity contribution in [3.63, 3.8) is 0 Å². The van der Waals surface area contributed by atoms with Gasteiger partial charge in [0.2, 0.25) is 5.89 Å². The van der Waals surface area contributed by atoms with Gasteiger partial charge in [-0.05, 0) is 31.2 Å². The Labute approximate surface area is 136 Å². The van der Waals surface area contributed by atoms with Crippen LogP contribution in [0.4, 0.5) is 0 Å². The molecule has 5 nitrogen and oxygen atoms in total. The number of hydrogen-bond acceptors (Lipinski definition) is 5. The molecule has 0 N–H and O–H groups in total. The molecule has 0 spiro atoms. The van der Waals surface area contributed by atoms with E-state index >= 15 is 0 Å². The zero-order valence-electron chi connectivity index (χ0n) is 13.4. The van der Waals surface area contributed by atoms with Crippen molar-refractivity contribution >= 4 is 0 Å². The van der Waals surface area contributed by atoms with Gasteiger partial charge in [0.25, 0.3) is 0 Å². The number of aromatic nitrogens is 2. The van der Waals surface area contributed by atoms with Crippen LogP contribution < -0.4 is 0 Å². The molecule has 0 bridgehead atoms. The van der Waals surface area contributed by atoms with Gasteiger partial charge in [0.05, 0.1) is 12.6 Å². The molecule has 122 valence electrons. The molecule has 2 aromatic rings. The number of benzene rings is 1. The van der Waals surface area contributed by atoms with Crippen molar-refractivity contribution in [3.8, 4) is 0 Å². The van der Waals surface area contributed by atoms with Gasteiger partial charge < -0.3 is 9.26 Å². The van der Waals surface area contributed by atoms with Gasteiger partial charge >= 0.3 is 0 Å². The number of ether oxygens (including phenoxy) is 1. The predicted molar refractivity (Wildman–Crippen MR) is 85.8 cm³/mol. The van der Waals surface area contributed by atoms with Crippen LogP contribution >= 0.6 is 0 Å². The van der Waals surface area contributed by atoms with Crippen LogP contribution in [0.1, 0.15) is 48.9 Å². The zero-order valence-corrected chi connectivity index (χ0v) is 13.4. The van der Waals surface area contributed by atoms with Crippen LogP contribution in [0.25, 0.3) is 0 Å². The Morgan fingerprint density at radius 1 is 1.09 bits per heavy atom. The van der Waals surface area contributed by atoms with E-state index in [9.17, 15) is 0 Å². The Kier molecular flexibility index (Phi) is 4.39. The summed E-state index contributed by atoms with van der Waals surface area (Å²) in [4.78, 5) is 6.92. The fourth-order valence-electron chi connectivity index (χ4n) is 3.13. The second kappa shape index (κ2) is 6.81. The Morgan fingerprint density at radius 3 is 2.70 bits per heavy atom. The van der Waals surface area contributed by atoms with Crippen LogP contribution in [0.2, 0.25) is 0 Å². The van der Waals surface area contributed by atoms with Gasteiger partial charge in [-0.25, -0.2) is 0 Å². The van der Waals surface area contributed by atoms with Crippen LogP contribution in [0.5, 0.6) is 0 Å². The molecular weight excluding hydrogens is 290 g/mol. The lowest BCUT2D eigenvalue weighted by Gasteiger charge is -2.23. The lowest BCUT2D eigenvalue weighted by atomic mass is 10.2. The highest BCUT2D eigenvalue weighted by Crippen LogP contribution is 2.38. The molecule has 1 atom stereocenters. The third-order valence-electron chi connectivity index (χ3n) is 4.52. The summed E-state index contributed by atoms with van der Waals surface area (Å²) >= 11 is 0. The lowest BCUT2D eigenvalue weighted by molar-refractivity contribution is 0.0640. The van der Waals surface area contributed by atoms with Gasteiger partial charge in [0.15, 0.2) is 5.82 Å². The van der Waals surface area contributed by atoms with Crippen molar-refractivity contribution in [2.45, 2.75) is 50.8 Å². The van der Waals surface area contributed by atoms with Crippen molar-refractivity contribution < 1.29 is 9.26 Å². The first-order chi connectivity index (χ1) is 11.4. The highest BCUT2D eigenvalue weighted by atomic mass is 16.5. The quantitative estimate of drug-likeness (QED) is 0.786. The van der Waals surface area contributed by atoms with Crippen molar-refractivity contribution in [2.75, 3.05) is 13.2 Å². The van der Waals surface area contributed by atoms with Crippen molar-refractivity contribution in [2.24, 2.45) is 0 Å². The normalized spacial score (nSPS) is 21.2. The second-order valence-corrected chi connectivity index (χ2v) is 6.61. The molecule has 1 saturated carbocycles. The topological polar surface area (TPSA) is 51.4 Å². The molecule has 2 fully saturated rings. The summed E-state index contributed by atoms with van der Waals surface area (Å²) in [6.07, 6.45) is 5.02. The Hall–Kier alpha value is -1.72. The molecule has 1 aromatic heterocycles. The number of rotatable bonds is 7. The Balaban J connectivity index is 1.43. The molecule has 2 aliphatic rings. The van der Waals surface area contributed by atoms with Crippen LogP contribution in [-0.4, -0.2) is 34.3 Å². The van der Waals surface area contributed by atoms with E-state index in [4.69, 9.17) is 9.26 Å². The van der Waals surface area contributed by atoms with Crippen LogP contribution in [0, 0.1) is 0 Å². The summed E-state index contributed by atoms with van der Waals surface area (Å²) in [5.74, 6) is 2.14. The fourth-order valence-corrected chi connectivity index (χ4v) is 3.13. The Morgan fingerprint density at radius 2 is 1.96 bits per heavy atom. The van der Waals surface area contributed by atoms with E-state index in [0.29, 0.717) is 18.6 Å². The molecular formula is C18H23N3O2. The van der Waals surface area contributed by atoms with Crippen LogP contribution in [0.3, 0.4) is 0 Å². The first kappa shape index (κ1) is 14.8. The van der Waals surface area contributed by atoms with E-state index in [2.05, 4.69) is 39.3 Å². The van der Waals surface area contributed by atoms with Gasteiger partial charge in [-0.3, -0.25) is 4.90 Å². The minimum Gasteiger partial charge on any atom is -0.377 e. The monoisotopic (exact) mass is 313 g/mol. The summed E-state index contributed by atoms with van der Waals surface area (Å²) in [5.41, 5.74) is 1.30. The van der Waals surface area contributed by atoms with Gasteiger partial charge in [-0.1, -0.05) is 35.5 Å². The summed E-state index contributed by atoms with van der Waals surface area (Å²) in [6, 6.07) is 10.5. The number of nitrogens with zero attached hydrogens (tertiary/aromatic N) is 3. The summed E-state index contributed by atoms with van der Waals surface area (Å²) in [6.45, 7) is 3.36. The van der Waals surface area contributed by atoms with Crippen molar-refractivity contribution in [1.82, 2.24) is 15.0 Å². The van der Waals surface area contributed by atoms with Gasteiger partial charge in [0, 0.05) is 25.6 Å². The second-order valence-electron chi connectivity index (χ2n) is 6.61. The minimum atomic E-state index is 0.324. The molecule has 1 unspecified atom stereocenters. The average molecular weight is 313 g/mol. The number of hydrogen-bond donors (Lipinski definition) is 0. The third kappa shape index (κ3) is 3.98. The van der Waals surface area contributed by atoms with Gasteiger partial charge in [0.1, 0.15) is 0 Å². The molecule has 2 heterocycles. The molecule has 1 aliphatic heterocycles. The fraction of sp³-hybridized carbons (Fsp3) is 0.556. The highest BCUT2D eigenvalue weighted by Gasteiger charge is 2.29. The van der Waals surface area contributed by atoms with E-state index < -0.39 is 0 Å². The third-order valence-corrected chi connectivity index (χ3v) is 4.52. The summed E-state index contributed by atoms with van der Waals surface area (Å²) < 4.78 is 11.3. The molecule has 4 rings (SSSR count). The van der Waals surface area contributed by atoms with Gasteiger partial charge in [-0.15, -0.1) is 0 Å². The van der Waals surface area contributed by atoms with E-state index in [1.165, 1.54) is 18.4 Å². The lowest BCUT2D eigenvalue weighted by Crippen LogP contribution is -2.31. The molecule has 0 radical (unpaired) electrons. The van der Waals surface area contributed by atoms with E-state index in [1.54, 1.807) is 0 Å². The average Bonchev–Trinajstić information content (AvgIpc) is 3.09. The van der Waals surface area contributed by atoms with Gasteiger partial charge in [-0.2, -0.15) is 4.98 Å². The smallest absolute Gasteiger partial charge is 0.240 e. The van der Waals surface area contributed by atoms with E-state index in [0.717, 1.165) is 44.3 Å². The predicted octanol–water partition coefficient (Wildman–Crippen LogP) is 3.13. The van der Waals surface area contributed by atoms with Crippen LogP contribution in [0.15, 0.2) is 34.9 Å². The maximum atomic E-state index is 5.80. The minimum absolute atomic E-state index is 0.324. The standard InChI is InChI=1S/C18H23N3O2/c1-2-5-14(6-3-1)11-21(12-16-7-4-10-22-16)13-17-19-18(20-23-17)15-8-9-15/h1-3,5-6,15-16H,4,7-13H2. The largest absolute Gasteiger partial charge is 0.377 e. The SMILES string of the molecule is c1ccc(CN(Cc2nc(C3CC3)no2)CC2CCCO2)cc1. The van der Waals surface area contributed by atoms with Crippen LogP contribution in [-0.2, 0) is 17.8 Å². The summed E-state index contributed by atoms with van der Waals surface area (Å²) in [7, 11) is 0. The molecule has 23 heavy (non-hydrogen) atoms. The maximum Gasteiger partial charge on any atom is 0.240 e. The first-order valence-corrected chi connectivity index (χ1v) is 8.57. The van der Waals surface area contributed by atoms with Crippen molar-refractivity contribution in [1.29, 1.82) is 0 Å². The maximum absolute atomic E-state index is 5.80. The Bertz CT molecular complexity index is 618. The van der Waals surface area contributed by atoms with E-state index in [-0.39, 0.29) is 0 Å². The zero-order chi connectivity index (χ0) is 15.5. The molecule has 1 aromatic carbocycles. The molecule has 0 amide bonds. The van der Waals surface area contributed by atoms with Crippen molar-refractivity contribution in [3.05, 3.63) is 47.6 Å². The molecule has 5 heteroatoms. The molecule has 1 aliphatic carbocycles.